The van der Waals surface area contributed by atoms with E-state index in [0.29, 0.717) is 0 Å². The molecule has 0 amide bonds. The minimum atomic E-state index is -0.786. The minimum Gasteiger partial charge on any atom is -0.313 e. The highest BCUT2D eigenvalue weighted by Crippen LogP contribution is 2.21. The second kappa shape index (κ2) is 4.72. The summed E-state index contributed by atoms with van der Waals surface area (Å²) in [5.41, 5.74) is 0.580. The second-order valence-electron chi connectivity index (χ2n) is 3.67. The molecular formula is C10H14N2O3. The summed E-state index contributed by atoms with van der Waals surface area (Å²) in [5, 5.41) is 9.31. The van der Waals surface area contributed by atoms with Gasteiger partial charge in [0.2, 0.25) is 0 Å². The first kappa shape index (κ1) is 11.4. The van der Waals surface area contributed by atoms with Crippen molar-refractivity contribution in [1.82, 2.24) is 0 Å². The summed E-state index contributed by atoms with van der Waals surface area (Å²) >= 11 is 0. The summed E-state index contributed by atoms with van der Waals surface area (Å²) in [6, 6.07) is 0. The lowest BCUT2D eigenvalue weighted by Gasteiger charge is -2.17. The van der Waals surface area contributed by atoms with Crippen LogP contribution in [0.3, 0.4) is 0 Å². The van der Waals surface area contributed by atoms with Crippen molar-refractivity contribution < 1.29 is 9.92 Å². The molecular weight excluding hydrogens is 196 g/mol. The molecule has 0 bridgehead atoms. The van der Waals surface area contributed by atoms with E-state index in [2.05, 4.69) is 9.83 Å². The Labute approximate surface area is 88.3 Å². The molecule has 15 heavy (non-hydrogen) atoms. The lowest BCUT2D eigenvalue weighted by molar-refractivity contribution is -0.759. The number of hydrogen-bond acceptors (Lipinski definition) is 4. The molecule has 0 saturated heterocycles. The van der Waals surface area contributed by atoms with Gasteiger partial charge in [-0.1, -0.05) is 19.1 Å². The fourth-order valence-electron chi connectivity index (χ4n) is 1.17. The monoisotopic (exact) mass is 210 g/mol. The van der Waals surface area contributed by atoms with E-state index in [1.807, 2.05) is 26.0 Å². The van der Waals surface area contributed by atoms with Gasteiger partial charge in [0, 0.05) is 17.8 Å². The molecule has 1 atom stereocenters. The molecule has 1 heterocycles. The molecule has 0 aliphatic carbocycles. The third-order valence-corrected chi connectivity index (χ3v) is 2.18. The predicted molar refractivity (Wildman–Crippen MR) is 57.1 cm³/mol. The molecule has 82 valence electrons. The molecule has 1 unspecified atom stereocenters. The molecule has 5 heteroatoms. The molecule has 0 spiro atoms. The molecule has 1 aliphatic heterocycles. The Morgan fingerprint density at radius 2 is 2.40 bits per heavy atom. The van der Waals surface area contributed by atoms with Crippen LogP contribution in [-0.4, -0.2) is 17.9 Å². The summed E-state index contributed by atoms with van der Waals surface area (Å²) in [6.45, 7) is 3.86. The number of rotatable bonds is 4. The van der Waals surface area contributed by atoms with E-state index >= 15 is 0 Å². The van der Waals surface area contributed by atoms with E-state index in [1.165, 1.54) is 0 Å². The lowest BCUT2D eigenvalue weighted by Crippen LogP contribution is -2.24. The Hall–Kier alpha value is -1.65. The maximum absolute atomic E-state index is 10.1. The van der Waals surface area contributed by atoms with Gasteiger partial charge in [-0.2, -0.15) is 0 Å². The first-order valence-corrected chi connectivity index (χ1v) is 4.76. The van der Waals surface area contributed by atoms with Crippen molar-refractivity contribution in [3.8, 4) is 0 Å². The third kappa shape index (κ3) is 3.53. The zero-order valence-electron chi connectivity index (χ0n) is 8.84. The lowest BCUT2D eigenvalue weighted by atomic mass is 9.92. The van der Waals surface area contributed by atoms with Gasteiger partial charge >= 0.3 is 0 Å². The highest BCUT2D eigenvalue weighted by Gasteiger charge is 2.21. The zero-order chi connectivity index (χ0) is 11.3. The van der Waals surface area contributed by atoms with Crippen LogP contribution in [-0.2, 0) is 4.84 Å². The minimum absolute atomic E-state index is 0.00909. The summed E-state index contributed by atoms with van der Waals surface area (Å²) in [7, 11) is 0. The van der Waals surface area contributed by atoms with Gasteiger partial charge in [-0.3, -0.25) is 4.99 Å². The van der Waals surface area contributed by atoms with E-state index in [4.69, 9.17) is 0 Å². The maximum Gasteiger partial charge on any atom is 0.294 e. The van der Waals surface area contributed by atoms with Crippen LogP contribution < -0.4 is 0 Å². The first-order chi connectivity index (χ1) is 7.06. The molecule has 0 N–H and O–H groups in total. The standard InChI is InChI=1S/C10H14N2O3/c1-3-9-4-5-10(2,7-11-6-9)8-15-12(13)14/h4-7H,3,8H2,1-2H3. The molecule has 1 rings (SSSR count). The summed E-state index contributed by atoms with van der Waals surface area (Å²) in [5.74, 6) is 0. The van der Waals surface area contributed by atoms with Gasteiger partial charge in [-0.15, -0.1) is 10.1 Å². The number of nitrogens with zero attached hydrogens (tertiary/aromatic N) is 2. The quantitative estimate of drug-likeness (QED) is 0.527. The van der Waals surface area contributed by atoms with E-state index in [-0.39, 0.29) is 6.61 Å². The SMILES string of the molecule is CCC1=CN=CC(C)(CO[N+](=O)[O-])C=C1. The van der Waals surface area contributed by atoms with Gasteiger partial charge < -0.3 is 4.84 Å². The van der Waals surface area contributed by atoms with Crippen molar-refractivity contribution >= 4 is 6.21 Å². The van der Waals surface area contributed by atoms with E-state index in [0.717, 1.165) is 12.0 Å². The van der Waals surface area contributed by atoms with Gasteiger partial charge in [0.25, 0.3) is 5.09 Å². The average Bonchev–Trinajstić information content (AvgIpc) is 2.38. The van der Waals surface area contributed by atoms with Gasteiger partial charge in [-0.25, -0.2) is 0 Å². The van der Waals surface area contributed by atoms with Crippen LogP contribution in [0.2, 0.25) is 0 Å². The van der Waals surface area contributed by atoms with E-state index in [9.17, 15) is 10.1 Å². The Balaban J connectivity index is 2.68. The molecule has 5 nitrogen and oxygen atoms in total. The van der Waals surface area contributed by atoms with Crippen LogP contribution in [0.5, 0.6) is 0 Å². The molecule has 0 fully saturated rings. The molecule has 0 saturated carbocycles. The Kier molecular flexibility index (Phi) is 3.60. The van der Waals surface area contributed by atoms with Crippen molar-refractivity contribution in [1.29, 1.82) is 0 Å². The van der Waals surface area contributed by atoms with Crippen LogP contribution in [0.4, 0.5) is 0 Å². The van der Waals surface area contributed by atoms with Gasteiger partial charge in [0.1, 0.15) is 6.61 Å². The Morgan fingerprint density at radius 1 is 1.67 bits per heavy atom. The summed E-state index contributed by atoms with van der Waals surface area (Å²) in [4.78, 5) is 18.6. The van der Waals surface area contributed by atoms with Crippen molar-refractivity contribution in [3.63, 3.8) is 0 Å². The number of allylic oxidation sites excluding steroid dienone is 2. The van der Waals surface area contributed by atoms with E-state index in [1.54, 1.807) is 12.4 Å². The highest BCUT2D eigenvalue weighted by atomic mass is 16.9. The largest absolute Gasteiger partial charge is 0.313 e. The fourth-order valence-corrected chi connectivity index (χ4v) is 1.17. The predicted octanol–water partition coefficient (Wildman–Crippen LogP) is 2.14. The van der Waals surface area contributed by atoms with Crippen molar-refractivity contribution in [2.45, 2.75) is 20.3 Å². The maximum atomic E-state index is 10.1. The van der Waals surface area contributed by atoms with Crippen LogP contribution >= 0.6 is 0 Å². The summed E-state index contributed by atoms with van der Waals surface area (Å²) < 4.78 is 0. The van der Waals surface area contributed by atoms with E-state index < -0.39 is 10.5 Å². The third-order valence-electron chi connectivity index (χ3n) is 2.18. The zero-order valence-corrected chi connectivity index (χ0v) is 8.84. The topological polar surface area (TPSA) is 64.7 Å². The molecule has 1 aliphatic rings. The molecule has 0 aromatic heterocycles. The second-order valence-corrected chi connectivity index (χ2v) is 3.67. The van der Waals surface area contributed by atoms with Crippen LogP contribution in [0.1, 0.15) is 20.3 Å². The van der Waals surface area contributed by atoms with Gasteiger partial charge in [0.05, 0.1) is 0 Å². The number of aliphatic imine (C=N–C) groups is 1. The first-order valence-electron chi connectivity index (χ1n) is 4.76. The molecule has 0 aromatic rings. The van der Waals surface area contributed by atoms with Crippen molar-refractivity contribution in [3.05, 3.63) is 34.0 Å². The normalized spacial score (nSPS) is 24.5. The smallest absolute Gasteiger partial charge is 0.294 e. The highest BCUT2D eigenvalue weighted by molar-refractivity contribution is 5.70. The summed E-state index contributed by atoms with van der Waals surface area (Å²) in [6.07, 6.45) is 8.11. The van der Waals surface area contributed by atoms with Crippen LogP contribution in [0, 0.1) is 15.5 Å². The average molecular weight is 210 g/mol. The van der Waals surface area contributed by atoms with Crippen LogP contribution in [0.15, 0.2) is 28.9 Å². The van der Waals surface area contributed by atoms with Crippen LogP contribution in [0.25, 0.3) is 0 Å². The van der Waals surface area contributed by atoms with Crippen molar-refractivity contribution in [2.75, 3.05) is 6.61 Å². The molecule has 0 radical (unpaired) electrons. The van der Waals surface area contributed by atoms with Crippen molar-refractivity contribution in [2.24, 2.45) is 10.4 Å². The Bertz CT molecular complexity index is 334. The Morgan fingerprint density at radius 3 is 3.00 bits per heavy atom. The van der Waals surface area contributed by atoms with Gasteiger partial charge in [-0.05, 0) is 18.9 Å². The number of hydrogen-bond donors (Lipinski definition) is 0. The van der Waals surface area contributed by atoms with Gasteiger partial charge in [0.15, 0.2) is 0 Å². The molecule has 0 aromatic carbocycles. The fraction of sp³-hybridized carbons (Fsp3) is 0.500.